The van der Waals surface area contributed by atoms with Crippen molar-refractivity contribution in [1.82, 2.24) is 0 Å². The lowest BCUT2D eigenvalue weighted by atomic mass is 9.99. The van der Waals surface area contributed by atoms with Crippen LogP contribution >= 0.6 is 7.60 Å². The second-order valence-electron chi connectivity index (χ2n) is 8.45. The van der Waals surface area contributed by atoms with Gasteiger partial charge in [-0.1, -0.05) is 20.8 Å². The number of carbonyl (C=O) groups excluding carboxylic acids is 2. The van der Waals surface area contributed by atoms with Crippen molar-refractivity contribution >= 4 is 27.9 Å². The summed E-state index contributed by atoms with van der Waals surface area (Å²) in [5.74, 6) is -2.46. The van der Waals surface area contributed by atoms with Gasteiger partial charge in [0.2, 0.25) is 0 Å². The average Bonchev–Trinajstić information content (AvgIpc) is 2.63. The molecular formula is C20H41O8PSi. The fourth-order valence-corrected chi connectivity index (χ4v) is 5.97. The molecule has 2 atom stereocenters. The molecule has 0 saturated heterocycles. The van der Waals surface area contributed by atoms with E-state index >= 15 is 0 Å². The smallest absolute Gasteiger partial charge is 0.345 e. The molecule has 10 heteroatoms. The summed E-state index contributed by atoms with van der Waals surface area (Å²) >= 11 is 0. The van der Waals surface area contributed by atoms with E-state index in [1.165, 1.54) is 7.11 Å². The normalized spacial score (nSPS) is 14.8. The van der Waals surface area contributed by atoms with Gasteiger partial charge in [-0.15, -0.1) is 0 Å². The van der Waals surface area contributed by atoms with Crippen molar-refractivity contribution in [2.75, 3.05) is 33.5 Å². The first-order valence-electron chi connectivity index (χ1n) is 10.6. The summed E-state index contributed by atoms with van der Waals surface area (Å²) in [6.07, 6.45) is 0.721. The molecule has 0 aromatic carbocycles. The molecule has 0 N–H and O–H groups in total. The van der Waals surface area contributed by atoms with E-state index in [4.69, 9.17) is 22.9 Å². The van der Waals surface area contributed by atoms with Crippen molar-refractivity contribution < 1.29 is 37.1 Å². The van der Waals surface area contributed by atoms with Gasteiger partial charge in [0.05, 0.1) is 32.8 Å². The van der Waals surface area contributed by atoms with Gasteiger partial charge in [-0.3, -0.25) is 14.2 Å². The van der Waals surface area contributed by atoms with Gasteiger partial charge < -0.3 is 22.9 Å². The summed E-state index contributed by atoms with van der Waals surface area (Å²) in [6, 6.07) is 0. The second-order valence-corrected chi connectivity index (χ2v) is 15.4. The Morgan fingerprint density at radius 2 is 1.50 bits per heavy atom. The first kappa shape index (κ1) is 29.3. The fourth-order valence-electron chi connectivity index (χ4n) is 2.69. The Morgan fingerprint density at radius 1 is 0.967 bits per heavy atom. The lowest BCUT2D eigenvalue weighted by molar-refractivity contribution is -0.154. The predicted molar refractivity (Wildman–Crippen MR) is 119 cm³/mol. The molecular weight excluding hydrogens is 427 g/mol. The van der Waals surface area contributed by atoms with Gasteiger partial charge in [0.25, 0.3) is 0 Å². The van der Waals surface area contributed by atoms with E-state index in [0.717, 1.165) is 0 Å². The lowest BCUT2D eigenvalue weighted by Crippen LogP contribution is -2.41. The van der Waals surface area contributed by atoms with E-state index in [-0.39, 0.29) is 31.3 Å². The van der Waals surface area contributed by atoms with Crippen LogP contribution in [0.15, 0.2) is 0 Å². The van der Waals surface area contributed by atoms with E-state index in [2.05, 4.69) is 33.9 Å². The molecule has 8 nitrogen and oxygen atoms in total. The van der Waals surface area contributed by atoms with Crippen molar-refractivity contribution in [2.24, 2.45) is 5.92 Å². The number of esters is 2. The van der Waals surface area contributed by atoms with Crippen molar-refractivity contribution in [3.8, 4) is 0 Å². The highest BCUT2D eigenvalue weighted by atomic mass is 31.2. The minimum Gasteiger partial charge on any atom is -0.468 e. The van der Waals surface area contributed by atoms with Crippen molar-refractivity contribution in [3.63, 3.8) is 0 Å². The highest BCUT2D eigenvalue weighted by Gasteiger charge is 2.50. The van der Waals surface area contributed by atoms with Gasteiger partial charge in [-0.05, 0) is 51.7 Å². The first-order chi connectivity index (χ1) is 13.8. The van der Waals surface area contributed by atoms with Gasteiger partial charge in [-0.25, -0.2) is 0 Å². The third kappa shape index (κ3) is 8.42. The molecule has 30 heavy (non-hydrogen) atoms. The Kier molecular flexibility index (Phi) is 12.6. The quantitative estimate of drug-likeness (QED) is 0.156. The van der Waals surface area contributed by atoms with Crippen LogP contribution in [0, 0.1) is 5.92 Å². The van der Waals surface area contributed by atoms with Gasteiger partial charge in [0.15, 0.2) is 14.0 Å². The lowest BCUT2D eigenvalue weighted by Gasteiger charge is -2.36. The molecule has 0 saturated carbocycles. The van der Waals surface area contributed by atoms with Gasteiger partial charge in [0.1, 0.15) is 0 Å². The van der Waals surface area contributed by atoms with E-state index in [1.54, 1.807) is 20.8 Å². The molecule has 0 rings (SSSR count). The molecule has 0 aromatic heterocycles. The molecule has 178 valence electrons. The fraction of sp³-hybridized carbons (Fsp3) is 0.900. The molecule has 0 aliphatic carbocycles. The Morgan fingerprint density at radius 3 is 1.90 bits per heavy atom. The summed E-state index contributed by atoms with van der Waals surface area (Å²) in [6.45, 7) is 16.4. The molecule has 0 bridgehead atoms. The van der Waals surface area contributed by atoms with Crippen LogP contribution in [0.4, 0.5) is 0 Å². The molecule has 2 unspecified atom stereocenters. The Labute approximate surface area is 183 Å². The molecule has 0 fully saturated rings. The summed E-state index contributed by atoms with van der Waals surface area (Å²) in [5.41, 5.74) is -1.39. The van der Waals surface area contributed by atoms with E-state index in [0.29, 0.717) is 13.0 Å². The van der Waals surface area contributed by atoms with Crippen LogP contribution in [0.5, 0.6) is 0 Å². The van der Waals surface area contributed by atoms with Gasteiger partial charge >= 0.3 is 19.5 Å². The Balaban J connectivity index is 5.69. The summed E-state index contributed by atoms with van der Waals surface area (Å²) in [4.78, 5) is 25.3. The maximum absolute atomic E-state index is 13.4. The highest BCUT2D eigenvalue weighted by Crippen LogP contribution is 2.56. The van der Waals surface area contributed by atoms with Crippen molar-refractivity contribution in [1.29, 1.82) is 0 Å². The number of ether oxygens (including phenoxy) is 2. The molecule has 0 amide bonds. The Bertz CT molecular complexity index is 578. The topological polar surface area (TPSA) is 97.4 Å². The third-order valence-corrected chi connectivity index (χ3v) is 12.3. The van der Waals surface area contributed by atoms with E-state index < -0.39 is 39.4 Å². The molecule has 0 aromatic rings. The van der Waals surface area contributed by atoms with E-state index in [1.807, 2.05) is 0 Å². The highest BCUT2D eigenvalue weighted by molar-refractivity contribution is 7.55. The maximum atomic E-state index is 13.4. The van der Waals surface area contributed by atoms with Crippen molar-refractivity contribution in [2.45, 2.75) is 78.2 Å². The number of hydrogen-bond donors (Lipinski definition) is 0. The molecule has 0 aliphatic rings. The minimum atomic E-state index is -3.95. The van der Waals surface area contributed by atoms with Crippen LogP contribution in [0.1, 0.15) is 54.4 Å². The number of hydrogen-bond acceptors (Lipinski definition) is 8. The predicted octanol–water partition coefficient (Wildman–Crippen LogP) is 4.78. The molecule has 0 heterocycles. The van der Waals surface area contributed by atoms with Crippen LogP contribution in [-0.2, 0) is 37.1 Å². The van der Waals surface area contributed by atoms with Gasteiger partial charge in [0, 0.05) is 6.61 Å². The maximum Gasteiger partial charge on any atom is 0.345 e. The zero-order chi connectivity index (χ0) is 23.6. The molecule has 0 spiro atoms. The monoisotopic (exact) mass is 468 g/mol. The van der Waals surface area contributed by atoms with E-state index in [9.17, 15) is 14.2 Å². The number of methoxy groups -OCH3 is 1. The number of carbonyl (C=O) groups is 2. The van der Waals surface area contributed by atoms with Crippen LogP contribution in [0.25, 0.3) is 0 Å². The van der Waals surface area contributed by atoms with Crippen LogP contribution in [0.2, 0.25) is 18.1 Å². The van der Waals surface area contributed by atoms with Crippen LogP contribution in [0.3, 0.4) is 0 Å². The summed E-state index contributed by atoms with van der Waals surface area (Å²) in [5, 5.41) is 0.0573. The van der Waals surface area contributed by atoms with Gasteiger partial charge in [-0.2, -0.15) is 0 Å². The standard InChI is InChI=1S/C20H41O8PSi/c1-10-25-18(21)16(14-13-15-28-30(8,9)20(4,5)6)17(19(22)24-7)29(23,26-11-2)27-12-3/h16-17H,10-15H2,1-9H3. The van der Waals surface area contributed by atoms with Crippen LogP contribution in [-0.4, -0.2) is 59.5 Å². The first-order valence-corrected chi connectivity index (χ1v) is 15.1. The molecule has 0 radical (unpaired) electrons. The average molecular weight is 469 g/mol. The van der Waals surface area contributed by atoms with Crippen molar-refractivity contribution in [3.05, 3.63) is 0 Å². The molecule has 0 aliphatic heterocycles. The van der Waals surface area contributed by atoms with Crippen LogP contribution < -0.4 is 0 Å². The minimum absolute atomic E-state index is 0.0573. The summed E-state index contributed by atoms with van der Waals surface area (Å²) < 4.78 is 40.4. The second kappa shape index (κ2) is 13.0. The number of rotatable bonds is 14. The third-order valence-electron chi connectivity index (χ3n) is 5.30. The Hall–Kier alpha value is -0.733. The zero-order valence-electron chi connectivity index (χ0n) is 20.1. The zero-order valence-corrected chi connectivity index (χ0v) is 22.0. The SMILES string of the molecule is CCOC(=O)C(CCCO[Si](C)(C)C(C)(C)C)C(C(=O)OC)P(=O)(OCC)OCC. The summed E-state index contributed by atoms with van der Waals surface area (Å²) in [7, 11) is -4.72. The largest absolute Gasteiger partial charge is 0.468 e.